The summed E-state index contributed by atoms with van der Waals surface area (Å²) in [6.45, 7) is 0. The highest BCUT2D eigenvalue weighted by atomic mass is 35.5. The summed E-state index contributed by atoms with van der Waals surface area (Å²) in [6, 6.07) is 7.94. The Balaban J connectivity index is 1.55. The second-order valence-corrected chi connectivity index (χ2v) is 8.82. The Hall–Kier alpha value is -2.73. The molecule has 3 aromatic rings. The smallest absolute Gasteiger partial charge is 0.272 e. The molecule has 2 unspecified atom stereocenters. The zero-order chi connectivity index (χ0) is 21.0. The lowest BCUT2D eigenvalue weighted by Gasteiger charge is -2.14. The van der Waals surface area contributed by atoms with Gasteiger partial charge in [0.1, 0.15) is 17.3 Å². The average molecular weight is 426 g/mol. The fourth-order valence-corrected chi connectivity index (χ4v) is 5.51. The first kappa shape index (κ1) is 19.2. The standard InChI is InChI=1S/C23H21ClFN3O2/c1-28-19-3-2-6-26-21(19)20(14-7-12-9-16(29)10-13(12)8-14)22(28)23(30)27-15-4-5-18(25)17(24)11-15/h2-6,11-14H,7-10H2,1H3,(H,27,30). The van der Waals surface area contributed by atoms with Gasteiger partial charge in [-0.25, -0.2) is 4.39 Å². The number of nitrogens with one attached hydrogen (secondary N) is 1. The molecular weight excluding hydrogens is 405 g/mol. The summed E-state index contributed by atoms with van der Waals surface area (Å²) in [5.74, 6) is 0.522. The van der Waals surface area contributed by atoms with Crippen LogP contribution in [0.4, 0.5) is 10.1 Å². The van der Waals surface area contributed by atoms with E-state index < -0.39 is 5.82 Å². The number of hydrogen-bond acceptors (Lipinski definition) is 3. The number of carbonyl (C=O) groups excluding carboxylic acids is 2. The summed E-state index contributed by atoms with van der Waals surface area (Å²) in [7, 11) is 1.86. The quantitative estimate of drug-likeness (QED) is 0.635. The maximum Gasteiger partial charge on any atom is 0.272 e. The van der Waals surface area contributed by atoms with E-state index in [-0.39, 0.29) is 16.8 Å². The number of aryl methyl sites for hydroxylation is 1. The van der Waals surface area contributed by atoms with Crippen molar-refractivity contribution in [1.29, 1.82) is 0 Å². The van der Waals surface area contributed by atoms with Gasteiger partial charge in [-0.2, -0.15) is 0 Å². The molecule has 7 heteroatoms. The molecule has 2 atom stereocenters. The molecule has 2 aliphatic carbocycles. The van der Waals surface area contributed by atoms with Crippen LogP contribution >= 0.6 is 11.6 Å². The number of carbonyl (C=O) groups is 2. The molecular formula is C23H21ClFN3O2. The van der Waals surface area contributed by atoms with Gasteiger partial charge in [-0.1, -0.05) is 11.6 Å². The van der Waals surface area contributed by atoms with Crippen molar-refractivity contribution in [2.24, 2.45) is 18.9 Å². The lowest BCUT2D eigenvalue weighted by molar-refractivity contribution is -0.117. The molecule has 0 radical (unpaired) electrons. The van der Waals surface area contributed by atoms with E-state index >= 15 is 0 Å². The third-order valence-corrected chi connectivity index (χ3v) is 6.90. The van der Waals surface area contributed by atoms with Crippen molar-refractivity contribution >= 4 is 40.0 Å². The van der Waals surface area contributed by atoms with Gasteiger partial charge >= 0.3 is 0 Å². The van der Waals surface area contributed by atoms with Crippen LogP contribution in [0, 0.1) is 17.7 Å². The molecule has 0 aliphatic heterocycles. The normalized spacial score (nSPS) is 23.2. The number of pyridine rings is 1. The van der Waals surface area contributed by atoms with Crippen LogP contribution in [-0.4, -0.2) is 21.2 Å². The Bertz CT molecular complexity index is 1170. The minimum atomic E-state index is -0.531. The predicted molar refractivity (Wildman–Crippen MR) is 113 cm³/mol. The summed E-state index contributed by atoms with van der Waals surface area (Å²) < 4.78 is 15.4. The van der Waals surface area contributed by atoms with Gasteiger partial charge in [0.05, 0.1) is 16.1 Å². The first-order valence-corrected chi connectivity index (χ1v) is 10.5. The zero-order valence-electron chi connectivity index (χ0n) is 16.5. The number of aromatic nitrogens is 2. The highest BCUT2D eigenvalue weighted by Crippen LogP contribution is 2.51. The molecule has 1 N–H and O–H groups in total. The van der Waals surface area contributed by atoms with Crippen molar-refractivity contribution < 1.29 is 14.0 Å². The largest absolute Gasteiger partial charge is 0.338 e. The van der Waals surface area contributed by atoms with Gasteiger partial charge in [0.2, 0.25) is 0 Å². The summed E-state index contributed by atoms with van der Waals surface area (Å²) in [4.78, 5) is 29.7. The average Bonchev–Trinajstić information content (AvgIpc) is 3.34. The molecule has 154 valence electrons. The van der Waals surface area contributed by atoms with Crippen LogP contribution in [0.3, 0.4) is 0 Å². The summed E-state index contributed by atoms with van der Waals surface area (Å²) in [5.41, 5.74) is 3.66. The van der Waals surface area contributed by atoms with Gasteiger partial charge in [-0.05, 0) is 60.9 Å². The highest BCUT2D eigenvalue weighted by Gasteiger charge is 2.43. The minimum absolute atomic E-state index is 0.0417. The van der Waals surface area contributed by atoms with Gasteiger partial charge in [0.25, 0.3) is 5.91 Å². The Morgan fingerprint density at radius 1 is 1.23 bits per heavy atom. The molecule has 2 aliphatic rings. The van der Waals surface area contributed by atoms with Crippen molar-refractivity contribution in [1.82, 2.24) is 9.55 Å². The molecule has 1 aromatic carbocycles. The zero-order valence-corrected chi connectivity index (χ0v) is 17.2. The van der Waals surface area contributed by atoms with E-state index in [4.69, 9.17) is 11.6 Å². The fourth-order valence-electron chi connectivity index (χ4n) is 5.33. The van der Waals surface area contributed by atoms with Crippen molar-refractivity contribution in [2.45, 2.75) is 31.6 Å². The topological polar surface area (TPSA) is 64.0 Å². The molecule has 0 bridgehead atoms. The van der Waals surface area contributed by atoms with Gasteiger partial charge in [0.15, 0.2) is 0 Å². The summed E-state index contributed by atoms with van der Waals surface area (Å²) >= 11 is 5.87. The molecule has 2 heterocycles. The molecule has 5 nitrogen and oxygen atoms in total. The third kappa shape index (κ3) is 3.10. The van der Waals surface area contributed by atoms with Crippen LogP contribution in [0.5, 0.6) is 0 Å². The molecule has 5 rings (SSSR count). The van der Waals surface area contributed by atoms with Gasteiger partial charge < -0.3 is 9.88 Å². The lowest BCUT2D eigenvalue weighted by Crippen LogP contribution is -2.18. The molecule has 2 aromatic heterocycles. The van der Waals surface area contributed by atoms with Crippen LogP contribution in [0.15, 0.2) is 36.5 Å². The SMILES string of the molecule is Cn1c(C(=O)Nc2ccc(F)c(Cl)c2)c(C2CC3CC(=O)CC3C2)c2ncccc21. The number of amides is 1. The second-order valence-electron chi connectivity index (χ2n) is 8.41. The number of nitrogens with zero attached hydrogens (tertiary/aromatic N) is 2. The van der Waals surface area contributed by atoms with Crippen LogP contribution in [0.1, 0.15) is 47.7 Å². The Morgan fingerprint density at radius 2 is 1.97 bits per heavy atom. The summed E-state index contributed by atoms with van der Waals surface area (Å²) in [6.07, 6.45) is 4.83. The van der Waals surface area contributed by atoms with E-state index in [0.717, 1.165) is 29.4 Å². The molecule has 0 saturated heterocycles. The van der Waals surface area contributed by atoms with Crippen molar-refractivity contribution in [3.8, 4) is 0 Å². The van der Waals surface area contributed by atoms with E-state index in [1.165, 1.54) is 18.2 Å². The number of halogens is 2. The number of rotatable bonds is 3. The van der Waals surface area contributed by atoms with E-state index in [9.17, 15) is 14.0 Å². The van der Waals surface area contributed by atoms with Crippen LogP contribution in [0.2, 0.25) is 5.02 Å². The molecule has 2 saturated carbocycles. The molecule has 1 amide bonds. The van der Waals surface area contributed by atoms with E-state index in [0.29, 0.717) is 41.8 Å². The van der Waals surface area contributed by atoms with Crippen LogP contribution < -0.4 is 5.32 Å². The Kier molecular flexibility index (Phi) is 4.62. The molecule has 2 fully saturated rings. The van der Waals surface area contributed by atoms with E-state index in [2.05, 4.69) is 10.3 Å². The second kappa shape index (κ2) is 7.20. The highest BCUT2D eigenvalue weighted by molar-refractivity contribution is 6.31. The predicted octanol–water partition coefficient (Wildman–Crippen LogP) is 5.09. The lowest BCUT2D eigenvalue weighted by atomic mass is 9.93. The number of anilines is 1. The molecule has 30 heavy (non-hydrogen) atoms. The monoisotopic (exact) mass is 425 g/mol. The fraction of sp³-hybridized carbons (Fsp3) is 0.348. The van der Waals surface area contributed by atoms with Crippen molar-refractivity contribution in [2.75, 3.05) is 5.32 Å². The number of benzene rings is 1. The first-order valence-electron chi connectivity index (χ1n) is 10.1. The number of Topliss-reactive ketones (excluding diaryl/α,β-unsaturated/α-hetero) is 1. The van der Waals surface area contributed by atoms with Crippen molar-refractivity contribution in [3.63, 3.8) is 0 Å². The van der Waals surface area contributed by atoms with Gasteiger partial charge in [-0.15, -0.1) is 0 Å². The van der Waals surface area contributed by atoms with Gasteiger partial charge in [-0.3, -0.25) is 14.6 Å². The molecule has 0 spiro atoms. The van der Waals surface area contributed by atoms with Crippen molar-refractivity contribution in [3.05, 3.63) is 58.6 Å². The Morgan fingerprint density at radius 3 is 2.67 bits per heavy atom. The number of ketones is 1. The maximum absolute atomic E-state index is 13.5. The maximum atomic E-state index is 13.5. The third-order valence-electron chi connectivity index (χ3n) is 6.62. The van der Waals surface area contributed by atoms with Crippen LogP contribution in [-0.2, 0) is 11.8 Å². The van der Waals surface area contributed by atoms with E-state index in [1.807, 2.05) is 23.7 Å². The van der Waals surface area contributed by atoms with Gasteiger partial charge in [0, 0.05) is 37.3 Å². The number of fused-ring (bicyclic) bond motifs is 2. The summed E-state index contributed by atoms with van der Waals surface area (Å²) in [5, 5.41) is 2.81. The van der Waals surface area contributed by atoms with Crippen LogP contribution in [0.25, 0.3) is 11.0 Å². The minimum Gasteiger partial charge on any atom is -0.338 e. The Labute approximate surface area is 178 Å². The number of hydrogen-bond donors (Lipinski definition) is 1. The first-order chi connectivity index (χ1) is 14.4. The van der Waals surface area contributed by atoms with E-state index in [1.54, 1.807) is 6.20 Å².